The molecule has 0 radical (unpaired) electrons. The molecule has 2 unspecified atom stereocenters. The third kappa shape index (κ3) is 7.83. The van der Waals surface area contributed by atoms with Gasteiger partial charge in [-0.2, -0.15) is 0 Å². The van der Waals surface area contributed by atoms with Gasteiger partial charge in [-0.25, -0.2) is 4.39 Å². The fourth-order valence-electron chi connectivity index (χ4n) is 1.10. The quantitative estimate of drug-likeness (QED) is 0.382. The third-order valence-corrected chi connectivity index (χ3v) is 2.89. The van der Waals surface area contributed by atoms with Gasteiger partial charge in [-0.15, -0.1) is 0 Å². The molecule has 114 valence electrons. The van der Waals surface area contributed by atoms with E-state index in [4.69, 9.17) is 15.2 Å². The van der Waals surface area contributed by atoms with Gasteiger partial charge in [0.25, 0.3) is 5.69 Å². The Morgan fingerprint density at radius 1 is 1.60 bits per heavy atom. The summed E-state index contributed by atoms with van der Waals surface area (Å²) in [7, 11) is -3.24. The molecule has 2 atom stereocenters. The van der Waals surface area contributed by atoms with Gasteiger partial charge in [-0.3, -0.25) is 14.7 Å². The van der Waals surface area contributed by atoms with Crippen molar-refractivity contribution in [3.8, 4) is 0 Å². The zero-order valence-electron chi connectivity index (χ0n) is 11.4. The standard InChI is InChI=1S/C6H5FN2O2.C5H13O3P/c7-4-1-2-6(9(10)11)5(8)3-4;1-4-5(2)8-9(3,6)7/h1-3H,8H2;5H,4H2,1-3H3,(H,6,7). The van der Waals surface area contributed by atoms with E-state index in [-0.39, 0.29) is 17.5 Å². The maximum absolute atomic E-state index is 12.3. The van der Waals surface area contributed by atoms with Crippen molar-refractivity contribution in [2.24, 2.45) is 0 Å². The van der Waals surface area contributed by atoms with Crippen LogP contribution in [0.1, 0.15) is 20.3 Å². The first-order valence-electron chi connectivity index (χ1n) is 5.75. The van der Waals surface area contributed by atoms with Crippen LogP contribution in [0.15, 0.2) is 18.2 Å². The SMILES string of the molecule is CCC(C)OP(C)(=O)O.Nc1cc(F)ccc1[N+](=O)[O-]. The first kappa shape index (κ1) is 18.5. The smallest absolute Gasteiger partial charge is 0.325 e. The molecule has 1 rings (SSSR count). The number of nitrogen functional groups attached to an aromatic ring is 1. The van der Waals surface area contributed by atoms with Crippen LogP contribution in [0.25, 0.3) is 0 Å². The summed E-state index contributed by atoms with van der Waals surface area (Å²) in [6.45, 7) is 4.87. The lowest BCUT2D eigenvalue weighted by molar-refractivity contribution is -0.383. The number of halogens is 1. The van der Waals surface area contributed by atoms with Crippen LogP contribution in [-0.2, 0) is 9.09 Å². The molecule has 0 spiro atoms. The van der Waals surface area contributed by atoms with Crippen LogP contribution in [0.5, 0.6) is 0 Å². The van der Waals surface area contributed by atoms with E-state index in [1.54, 1.807) is 6.92 Å². The number of hydrogen-bond donors (Lipinski definition) is 2. The molecular formula is C11H18FN2O5P. The van der Waals surface area contributed by atoms with Gasteiger partial charge in [0.2, 0.25) is 0 Å². The Hall–Kier alpha value is -1.50. The second kappa shape index (κ2) is 7.94. The Morgan fingerprint density at radius 2 is 2.15 bits per heavy atom. The molecule has 9 heteroatoms. The topological polar surface area (TPSA) is 116 Å². The lowest BCUT2D eigenvalue weighted by Crippen LogP contribution is -2.02. The molecule has 0 saturated heterocycles. The Morgan fingerprint density at radius 3 is 2.45 bits per heavy atom. The van der Waals surface area contributed by atoms with Crippen LogP contribution in [0.4, 0.5) is 15.8 Å². The van der Waals surface area contributed by atoms with E-state index in [1.807, 2.05) is 6.92 Å². The van der Waals surface area contributed by atoms with Gasteiger partial charge in [0, 0.05) is 18.8 Å². The van der Waals surface area contributed by atoms with Crippen molar-refractivity contribution in [1.29, 1.82) is 0 Å². The van der Waals surface area contributed by atoms with Crippen LogP contribution < -0.4 is 5.73 Å². The molecule has 20 heavy (non-hydrogen) atoms. The highest BCUT2D eigenvalue weighted by molar-refractivity contribution is 7.51. The molecule has 0 amide bonds. The summed E-state index contributed by atoms with van der Waals surface area (Å²) in [6.07, 6.45) is 0.643. The number of benzene rings is 1. The van der Waals surface area contributed by atoms with E-state index in [2.05, 4.69) is 0 Å². The second-order valence-corrected chi connectivity index (χ2v) is 5.90. The summed E-state index contributed by atoms with van der Waals surface area (Å²) in [5, 5.41) is 10.1. The summed E-state index contributed by atoms with van der Waals surface area (Å²) in [5.74, 6) is -0.576. The van der Waals surface area contributed by atoms with Crippen molar-refractivity contribution >= 4 is 19.0 Å². The molecule has 0 saturated carbocycles. The van der Waals surface area contributed by atoms with Gasteiger partial charge in [0.1, 0.15) is 11.5 Å². The number of hydrogen-bond acceptors (Lipinski definition) is 5. The number of nitro groups is 1. The van der Waals surface area contributed by atoms with Crippen LogP contribution in [0, 0.1) is 15.9 Å². The minimum absolute atomic E-state index is 0.120. The van der Waals surface area contributed by atoms with Gasteiger partial charge in [-0.05, 0) is 19.4 Å². The molecule has 0 aliphatic heterocycles. The molecule has 1 aromatic rings. The highest BCUT2D eigenvalue weighted by Gasteiger charge is 2.13. The summed E-state index contributed by atoms with van der Waals surface area (Å²) in [4.78, 5) is 18.1. The van der Waals surface area contributed by atoms with E-state index in [1.165, 1.54) is 6.66 Å². The second-order valence-electron chi connectivity index (χ2n) is 4.09. The van der Waals surface area contributed by atoms with Crippen molar-refractivity contribution in [1.82, 2.24) is 0 Å². The zero-order valence-corrected chi connectivity index (χ0v) is 12.3. The molecule has 0 aliphatic rings. The Labute approximate surface area is 116 Å². The fraction of sp³-hybridized carbons (Fsp3) is 0.455. The normalized spacial score (nSPS) is 14.7. The van der Waals surface area contributed by atoms with Crippen LogP contribution in [0.2, 0.25) is 0 Å². The average molecular weight is 308 g/mol. The monoisotopic (exact) mass is 308 g/mol. The molecule has 7 nitrogen and oxygen atoms in total. The molecule has 1 aromatic carbocycles. The summed E-state index contributed by atoms with van der Waals surface area (Å²) in [6, 6.07) is 2.94. The molecule has 3 N–H and O–H groups in total. The summed E-state index contributed by atoms with van der Waals surface area (Å²) >= 11 is 0. The van der Waals surface area contributed by atoms with Crippen molar-refractivity contribution in [2.75, 3.05) is 12.4 Å². The molecule has 0 aliphatic carbocycles. The number of rotatable bonds is 4. The molecular weight excluding hydrogens is 290 g/mol. The van der Waals surface area contributed by atoms with Gasteiger partial charge in [0.05, 0.1) is 11.0 Å². The number of nitro benzene ring substituents is 1. The fourth-order valence-corrected chi connectivity index (χ4v) is 1.92. The van der Waals surface area contributed by atoms with Crippen LogP contribution >= 0.6 is 7.60 Å². The first-order chi connectivity index (χ1) is 9.06. The number of nitrogens with zero attached hydrogens (tertiary/aromatic N) is 1. The minimum atomic E-state index is -3.24. The lowest BCUT2D eigenvalue weighted by atomic mass is 10.3. The largest absolute Gasteiger partial charge is 0.393 e. The predicted molar refractivity (Wildman–Crippen MR) is 74.1 cm³/mol. The highest BCUT2D eigenvalue weighted by Crippen LogP contribution is 2.38. The lowest BCUT2D eigenvalue weighted by Gasteiger charge is -2.11. The van der Waals surface area contributed by atoms with Crippen molar-refractivity contribution in [3.05, 3.63) is 34.1 Å². The summed E-state index contributed by atoms with van der Waals surface area (Å²) in [5.41, 5.74) is 4.71. The van der Waals surface area contributed by atoms with E-state index >= 15 is 0 Å². The van der Waals surface area contributed by atoms with Crippen LogP contribution in [0.3, 0.4) is 0 Å². The predicted octanol–water partition coefficient (Wildman–Crippen LogP) is 2.93. The number of nitrogens with two attached hydrogens (primary N) is 1. The summed E-state index contributed by atoms with van der Waals surface area (Å²) < 4.78 is 27.5. The van der Waals surface area contributed by atoms with Gasteiger partial charge in [0.15, 0.2) is 0 Å². The van der Waals surface area contributed by atoms with Crippen LogP contribution in [-0.4, -0.2) is 22.6 Å². The zero-order chi connectivity index (χ0) is 15.9. The minimum Gasteiger partial charge on any atom is -0.393 e. The van der Waals surface area contributed by atoms with Crippen molar-refractivity contribution in [3.63, 3.8) is 0 Å². The van der Waals surface area contributed by atoms with E-state index in [0.29, 0.717) is 0 Å². The highest BCUT2D eigenvalue weighted by atomic mass is 31.2. The van der Waals surface area contributed by atoms with Gasteiger partial charge in [-0.1, -0.05) is 6.92 Å². The molecule has 0 bridgehead atoms. The third-order valence-electron chi connectivity index (χ3n) is 2.14. The Bertz CT molecular complexity index is 506. The van der Waals surface area contributed by atoms with Gasteiger partial charge < -0.3 is 15.2 Å². The molecule has 0 heterocycles. The van der Waals surface area contributed by atoms with E-state index in [9.17, 15) is 19.1 Å². The van der Waals surface area contributed by atoms with E-state index in [0.717, 1.165) is 24.6 Å². The molecule has 0 aromatic heterocycles. The molecule has 0 fully saturated rings. The number of anilines is 1. The van der Waals surface area contributed by atoms with Crippen molar-refractivity contribution in [2.45, 2.75) is 26.4 Å². The first-order valence-corrected chi connectivity index (χ1v) is 7.77. The average Bonchev–Trinajstić information content (AvgIpc) is 2.26. The van der Waals surface area contributed by atoms with E-state index < -0.39 is 18.3 Å². The Kier molecular flexibility index (Phi) is 7.34. The van der Waals surface area contributed by atoms with Crippen molar-refractivity contribution < 1.29 is 23.3 Å². The maximum atomic E-state index is 12.3. The Balaban J connectivity index is 0.000000370. The maximum Gasteiger partial charge on any atom is 0.325 e. The van der Waals surface area contributed by atoms with Gasteiger partial charge >= 0.3 is 7.60 Å².